The fourth-order valence-corrected chi connectivity index (χ4v) is 3.07. The first kappa shape index (κ1) is 12.3. The first-order valence-corrected chi connectivity index (χ1v) is 7.15. The van der Waals surface area contributed by atoms with E-state index in [1.807, 2.05) is 0 Å². The highest BCUT2D eigenvalue weighted by atomic mass is 14.9. The molecule has 0 heterocycles. The van der Waals surface area contributed by atoms with Crippen molar-refractivity contribution in [3.05, 3.63) is 64.7 Å². The van der Waals surface area contributed by atoms with Gasteiger partial charge in [0.15, 0.2) is 0 Å². The maximum Gasteiger partial charge on any atom is 0.0516 e. The number of hydrogen-bond acceptors (Lipinski definition) is 1. The molecule has 0 saturated carbocycles. The summed E-state index contributed by atoms with van der Waals surface area (Å²) in [5.41, 5.74) is 6.92. The average Bonchev–Trinajstić information content (AvgIpc) is 2.42. The minimum Gasteiger partial charge on any atom is -0.378 e. The standard InChI is InChI=1S/C18H21N/c1-13-10-11-17(14(2)12-13)19-18-9-5-7-15-6-3-4-8-16(15)18/h3-4,6,8,10-12,18-19H,5,7,9H2,1-2H3. The van der Waals surface area contributed by atoms with Gasteiger partial charge in [-0.05, 0) is 55.9 Å². The summed E-state index contributed by atoms with van der Waals surface area (Å²) in [6.07, 6.45) is 3.73. The van der Waals surface area contributed by atoms with Gasteiger partial charge in [0.05, 0.1) is 6.04 Å². The van der Waals surface area contributed by atoms with Crippen LogP contribution in [0.3, 0.4) is 0 Å². The molecule has 1 atom stereocenters. The second-order valence-electron chi connectivity index (χ2n) is 5.61. The summed E-state index contributed by atoms with van der Waals surface area (Å²) in [4.78, 5) is 0. The summed E-state index contributed by atoms with van der Waals surface area (Å²) >= 11 is 0. The highest BCUT2D eigenvalue weighted by Crippen LogP contribution is 2.33. The summed E-state index contributed by atoms with van der Waals surface area (Å²) in [5.74, 6) is 0. The van der Waals surface area contributed by atoms with Crippen LogP contribution in [-0.2, 0) is 6.42 Å². The third-order valence-electron chi connectivity index (χ3n) is 4.08. The van der Waals surface area contributed by atoms with E-state index < -0.39 is 0 Å². The number of benzene rings is 2. The Bertz CT molecular complexity index is 586. The minimum atomic E-state index is 0.464. The predicted octanol–water partition coefficient (Wildman–Crippen LogP) is 4.79. The summed E-state index contributed by atoms with van der Waals surface area (Å²) in [6.45, 7) is 4.33. The lowest BCUT2D eigenvalue weighted by Gasteiger charge is -2.28. The van der Waals surface area contributed by atoms with Crippen molar-refractivity contribution in [2.75, 3.05) is 5.32 Å². The molecule has 0 aromatic heterocycles. The molecule has 2 aromatic rings. The molecule has 0 fully saturated rings. The summed E-state index contributed by atoms with van der Waals surface area (Å²) in [6, 6.07) is 16.0. The van der Waals surface area contributed by atoms with Crippen molar-refractivity contribution in [2.24, 2.45) is 0 Å². The van der Waals surface area contributed by atoms with Crippen molar-refractivity contribution in [2.45, 2.75) is 39.2 Å². The predicted molar refractivity (Wildman–Crippen MR) is 81.7 cm³/mol. The first-order chi connectivity index (χ1) is 9.24. The molecule has 0 bridgehead atoms. The van der Waals surface area contributed by atoms with Gasteiger partial charge in [-0.25, -0.2) is 0 Å². The molecule has 0 spiro atoms. The number of hydrogen-bond donors (Lipinski definition) is 1. The molecule has 0 aliphatic heterocycles. The molecule has 1 nitrogen and oxygen atoms in total. The Labute approximate surface area is 115 Å². The summed E-state index contributed by atoms with van der Waals surface area (Å²) in [5, 5.41) is 3.73. The van der Waals surface area contributed by atoms with E-state index in [2.05, 4.69) is 61.6 Å². The third-order valence-corrected chi connectivity index (χ3v) is 4.08. The second-order valence-corrected chi connectivity index (χ2v) is 5.61. The normalized spacial score (nSPS) is 17.9. The summed E-state index contributed by atoms with van der Waals surface area (Å²) in [7, 11) is 0. The van der Waals surface area contributed by atoms with E-state index in [9.17, 15) is 0 Å². The number of rotatable bonds is 2. The van der Waals surface area contributed by atoms with Crippen LogP contribution >= 0.6 is 0 Å². The van der Waals surface area contributed by atoms with Gasteiger partial charge < -0.3 is 5.32 Å². The molecule has 1 aliphatic rings. The van der Waals surface area contributed by atoms with Crippen molar-refractivity contribution in [1.82, 2.24) is 0 Å². The number of anilines is 1. The molecule has 98 valence electrons. The SMILES string of the molecule is Cc1ccc(NC2CCCc3ccccc32)c(C)c1. The molecule has 0 amide bonds. The number of fused-ring (bicyclic) bond motifs is 1. The van der Waals surface area contributed by atoms with Gasteiger partial charge >= 0.3 is 0 Å². The molecule has 1 unspecified atom stereocenters. The van der Waals surface area contributed by atoms with Crippen molar-refractivity contribution in [3.63, 3.8) is 0 Å². The van der Waals surface area contributed by atoms with Crippen LogP contribution in [0.4, 0.5) is 5.69 Å². The van der Waals surface area contributed by atoms with E-state index in [0.29, 0.717) is 6.04 Å². The van der Waals surface area contributed by atoms with Crippen LogP contribution in [0.15, 0.2) is 42.5 Å². The van der Waals surface area contributed by atoms with Crippen LogP contribution in [0.2, 0.25) is 0 Å². The highest BCUT2D eigenvalue weighted by Gasteiger charge is 2.19. The fraction of sp³-hybridized carbons (Fsp3) is 0.333. The summed E-state index contributed by atoms with van der Waals surface area (Å²) < 4.78 is 0. The topological polar surface area (TPSA) is 12.0 Å². The van der Waals surface area contributed by atoms with E-state index in [0.717, 1.165) is 0 Å². The van der Waals surface area contributed by atoms with Gasteiger partial charge in [0.25, 0.3) is 0 Å². The first-order valence-electron chi connectivity index (χ1n) is 7.15. The van der Waals surface area contributed by atoms with Crippen molar-refractivity contribution in [3.8, 4) is 0 Å². The van der Waals surface area contributed by atoms with E-state index in [-0.39, 0.29) is 0 Å². The fourth-order valence-electron chi connectivity index (χ4n) is 3.07. The quantitative estimate of drug-likeness (QED) is 0.809. The Morgan fingerprint density at radius 2 is 1.89 bits per heavy atom. The van der Waals surface area contributed by atoms with E-state index in [1.54, 1.807) is 0 Å². The lowest BCUT2D eigenvalue weighted by molar-refractivity contribution is 0.600. The molecule has 0 radical (unpaired) electrons. The van der Waals surface area contributed by atoms with Gasteiger partial charge in [0.1, 0.15) is 0 Å². The third kappa shape index (κ3) is 2.51. The van der Waals surface area contributed by atoms with Crippen LogP contribution in [0.1, 0.15) is 41.1 Å². The highest BCUT2D eigenvalue weighted by molar-refractivity contribution is 5.54. The zero-order chi connectivity index (χ0) is 13.2. The monoisotopic (exact) mass is 251 g/mol. The van der Waals surface area contributed by atoms with Crippen LogP contribution in [0.5, 0.6) is 0 Å². The van der Waals surface area contributed by atoms with Gasteiger partial charge in [-0.2, -0.15) is 0 Å². The van der Waals surface area contributed by atoms with Gasteiger partial charge in [-0.1, -0.05) is 42.0 Å². The molecular formula is C18H21N. The largest absolute Gasteiger partial charge is 0.378 e. The molecular weight excluding hydrogens is 230 g/mol. The van der Waals surface area contributed by atoms with E-state index in [4.69, 9.17) is 0 Å². The Morgan fingerprint density at radius 3 is 2.74 bits per heavy atom. The van der Waals surface area contributed by atoms with E-state index in [1.165, 1.54) is 47.2 Å². The molecule has 1 N–H and O–H groups in total. The zero-order valence-corrected chi connectivity index (χ0v) is 11.7. The van der Waals surface area contributed by atoms with Crippen LogP contribution in [-0.4, -0.2) is 0 Å². The van der Waals surface area contributed by atoms with Gasteiger partial charge in [-0.3, -0.25) is 0 Å². The molecule has 1 heteroatoms. The van der Waals surface area contributed by atoms with Crippen molar-refractivity contribution in [1.29, 1.82) is 0 Å². The maximum absolute atomic E-state index is 3.73. The number of nitrogens with one attached hydrogen (secondary N) is 1. The molecule has 19 heavy (non-hydrogen) atoms. The second kappa shape index (κ2) is 5.08. The average molecular weight is 251 g/mol. The van der Waals surface area contributed by atoms with Gasteiger partial charge in [0.2, 0.25) is 0 Å². The lowest BCUT2D eigenvalue weighted by atomic mass is 9.87. The Kier molecular flexibility index (Phi) is 3.29. The van der Waals surface area contributed by atoms with Gasteiger partial charge in [-0.15, -0.1) is 0 Å². The van der Waals surface area contributed by atoms with Gasteiger partial charge in [0, 0.05) is 5.69 Å². The van der Waals surface area contributed by atoms with Crippen LogP contribution < -0.4 is 5.32 Å². The van der Waals surface area contributed by atoms with Crippen molar-refractivity contribution >= 4 is 5.69 Å². The molecule has 1 aliphatic carbocycles. The maximum atomic E-state index is 3.73. The zero-order valence-electron chi connectivity index (χ0n) is 11.7. The van der Waals surface area contributed by atoms with E-state index >= 15 is 0 Å². The minimum absolute atomic E-state index is 0.464. The molecule has 2 aromatic carbocycles. The van der Waals surface area contributed by atoms with Crippen LogP contribution in [0.25, 0.3) is 0 Å². The molecule has 0 saturated heterocycles. The Hall–Kier alpha value is -1.76. The Balaban J connectivity index is 1.88. The lowest BCUT2D eigenvalue weighted by Crippen LogP contribution is -2.17. The molecule has 3 rings (SSSR count). The number of aryl methyl sites for hydroxylation is 3. The van der Waals surface area contributed by atoms with Crippen molar-refractivity contribution < 1.29 is 0 Å². The smallest absolute Gasteiger partial charge is 0.0516 e. The van der Waals surface area contributed by atoms with Crippen LogP contribution in [0, 0.1) is 13.8 Å². The Morgan fingerprint density at radius 1 is 1.05 bits per heavy atom.